The Labute approximate surface area is 444 Å². The highest BCUT2D eigenvalue weighted by molar-refractivity contribution is 14.1. The van der Waals surface area contributed by atoms with E-state index >= 15 is 0 Å². The molecule has 24 heteroatoms. The molecular formula is C50H74IN11O12. The lowest BCUT2D eigenvalue weighted by atomic mass is 9.85. The van der Waals surface area contributed by atoms with E-state index in [-0.39, 0.29) is 58.9 Å². The number of fused-ring (bicyclic) bond motifs is 1. The van der Waals surface area contributed by atoms with Gasteiger partial charge in [-0.05, 0) is 70.1 Å². The van der Waals surface area contributed by atoms with E-state index in [1.807, 2.05) is 13.8 Å². The van der Waals surface area contributed by atoms with Gasteiger partial charge in [0.2, 0.25) is 35.4 Å². The summed E-state index contributed by atoms with van der Waals surface area (Å²) in [5, 5.41) is 48.7. The number of alkyl carbamates (subject to hydrolysis) is 1. The highest BCUT2D eigenvalue weighted by Gasteiger charge is 2.49. The molecule has 2 aliphatic rings. The number of halogens is 1. The number of aromatic amines is 1. The van der Waals surface area contributed by atoms with E-state index in [4.69, 9.17) is 9.47 Å². The topological polar surface area (TPSA) is 329 Å². The summed E-state index contributed by atoms with van der Waals surface area (Å²) in [5.74, 6) is -2.70. The van der Waals surface area contributed by atoms with E-state index in [9.17, 15) is 48.9 Å². The number of amides is 7. The predicted molar refractivity (Wildman–Crippen MR) is 281 cm³/mol. The van der Waals surface area contributed by atoms with Crippen LogP contribution < -0.4 is 31.9 Å². The van der Waals surface area contributed by atoms with Crippen LogP contribution in [-0.4, -0.2) is 146 Å². The molecule has 2 aliphatic heterocycles. The maximum Gasteiger partial charge on any atom is 0.408 e. The van der Waals surface area contributed by atoms with Crippen molar-refractivity contribution in [2.75, 3.05) is 23.8 Å². The third-order valence-electron chi connectivity index (χ3n) is 13.6. The van der Waals surface area contributed by atoms with Gasteiger partial charge in [-0.15, -0.1) is 0 Å². The van der Waals surface area contributed by atoms with Gasteiger partial charge in [0, 0.05) is 34.4 Å². The number of H-pyrrole nitrogens is 1. The molecule has 74 heavy (non-hydrogen) atoms. The highest BCUT2D eigenvalue weighted by atomic mass is 127. The zero-order chi connectivity index (χ0) is 54.7. The monoisotopic (exact) mass is 1150 g/mol. The Morgan fingerprint density at radius 2 is 1.68 bits per heavy atom. The Bertz CT molecular complexity index is 2460. The average Bonchev–Trinajstić information content (AvgIpc) is 3.93. The molecule has 3 unspecified atom stereocenters. The second-order valence-corrected chi connectivity index (χ2v) is 22.0. The van der Waals surface area contributed by atoms with Gasteiger partial charge in [0.25, 0.3) is 0 Å². The largest absolute Gasteiger partial charge is 0.445 e. The van der Waals surface area contributed by atoms with E-state index < -0.39 is 90.5 Å². The summed E-state index contributed by atoms with van der Waals surface area (Å²) in [5.41, 5.74) is 0.135. The Morgan fingerprint density at radius 1 is 0.973 bits per heavy atom. The van der Waals surface area contributed by atoms with Crippen LogP contribution in [0.2, 0.25) is 0 Å². The molecule has 23 nitrogen and oxygen atoms in total. The van der Waals surface area contributed by atoms with Gasteiger partial charge in [-0.2, -0.15) is 0 Å². The Balaban J connectivity index is 1.06. The van der Waals surface area contributed by atoms with Gasteiger partial charge in [0.15, 0.2) is 17.7 Å². The molecule has 0 spiro atoms. The quantitative estimate of drug-likeness (QED) is 0.0330. The number of aliphatic hydroxyl groups is 3. The first-order chi connectivity index (χ1) is 35.0. The van der Waals surface area contributed by atoms with Crippen LogP contribution >= 0.6 is 22.6 Å². The standard InChI is InChI=1S/C50H74IN11O12/c1-10-14-29(12-3)40-57-37-41(59-40)52-25-53-42(37)60-45-39(67)38(66)36(32(23-63)74-45)58-47(71)49(8,9)61-48(72)73-24-28-15-17-30(18-16-28)55-43(68)27(7)54-44(69)35(26(5)6)56-33(64)19-21-62-34(65)22-31(46(62)70)50(51,13-4)20-11-2/h15-18,25-27,29,31-32,35-36,38-39,45,63,66-67H,10-14,19-24H2,1-9H3,(H,54,69)(H,55,68)(H,56,64)(H,58,71)(H,61,72)(H2,52,53,57,59,60)/t27-,29?,31?,32-,35-,36-,38+,39-,45-,50?/m0/s1. The van der Waals surface area contributed by atoms with Crippen molar-refractivity contribution >= 4 is 86.8 Å². The Hall–Kier alpha value is -5.57. The fourth-order valence-electron chi connectivity index (χ4n) is 9.05. The molecule has 2 aromatic heterocycles. The number of imide groups is 1. The second-order valence-electron chi connectivity index (χ2n) is 19.9. The van der Waals surface area contributed by atoms with E-state index in [1.54, 1.807) is 38.1 Å². The number of aliphatic hydroxyl groups excluding tert-OH is 3. The predicted octanol–water partition coefficient (Wildman–Crippen LogP) is 3.42. The van der Waals surface area contributed by atoms with Gasteiger partial charge < -0.3 is 61.7 Å². The van der Waals surface area contributed by atoms with Crippen LogP contribution in [0.1, 0.15) is 131 Å². The number of benzene rings is 1. The molecule has 0 saturated carbocycles. The van der Waals surface area contributed by atoms with Crippen molar-refractivity contribution in [1.29, 1.82) is 0 Å². The third kappa shape index (κ3) is 14.6. The van der Waals surface area contributed by atoms with Crippen molar-refractivity contribution < 1.29 is 58.4 Å². The number of nitrogens with one attached hydrogen (secondary N) is 7. The fourth-order valence-corrected chi connectivity index (χ4v) is 10.1. The van der Waals surface area contributed by atoms with Crippen molar-refractivity contribution in [3.05, 3.63) is 42.0 Å². The Morgan fingerprint density at radius 3 is 2.30 bits per heavy atom. The molecule has 3 aromatic rings. The number of imidazole rings is 1. The Kier molecular flexibility index (Phi) is 21.1. The van der Waals surface area contributed by atoms with Gasteiger partial charge in [0.05, 0.1) is 18.6 Å². The van der Waals surface area contributed by atoms with Crippen molar-refractivity contribution in [1.82, 2.24) is 46.1 Å². The fraction of sp³-hybridized carbons (Fsp3) is 0.640. The first-order valence-corrected chi connectivity index (χ1v) is 26.5. The number of hydrogen-bond acceptors (Lipinski definition) is 16. The summed E-state index contributed by atoms with van der Waals surface area (Å²) in [6, 6.07) is 2.96. The summed E-state index contributed by atoms with van der Waals surface area (Å²) in [7, 11) is 0. The van der Waals surface area contributed by atoms with Crippen molar-refractivity contribution in [3.63, 3.8) is 0 Å². The maximum atomic E-state index is 13.5. The SMILES string of the molecule is CCCC(CC)c1nc2ncnc(N[C@H]3O[C@@H](CO)[C@H](NC(=O)C(C)(C)NC(=O)OCc4ccc(NC(=O)[C@H](C)NC(=O)[C@@H](NC(=O)CCN5C(=O)CC(C(I)(CC)CCC)C5=O)C(C)C)cc4)[C@@H](O)[C@@H]3O)c2[nH]1. The third-order valence-corrected chi connectivity index (χ3v) is 15.7. The maximum absolute atomic E-state index is 13.5. The number of hydrogen-bond donors (Lipinski definition) is 10. The van der Waals surface area contributed by atoms with Crippen molar-refractivity contribution in [2.24, 2.45) is 11.8 Å². The smallest absolute Gasteiger partial charge is 0.408 e. The summed E-state index contributed by atoms with van der Waals surface area (Å²) in [6.45, 7) is 14.9. The molecule has 2 fully saturated rings. The molecule has 4 heterocycles. The van der Waals surface area contributed by atoms with Crippen LogP contribution in [0, 0.1) is 11.8 Å². The minimum Gasteiger partial charge on any atom is -0.445 e. The number of ether oxygens (including phenoxy) is 2. The van der Waals surface area contributed by atoms with Crippen LogP contribution in [0.4, 0.5) is 16.3 Å². The molecule has 10 N–H and O–H groups in total. The van der Waals surface area contributed by atoms with Gasteiger partial charge in [-0.25, -0.2) is 19.7 Å². The normalized spacial score (nSPS) is 22.1. The molecule has 0 aliphatic carbocycles. The first-order valence-electron chi connectivity index (χ1n) is 25.4. The van der Waals surface area contributed by atoms with E-state index in [1.165, 1.54) is 27.1 Å². The van der Waals surface area contributed by atoms with Crippen LogP contribution in [0.25, 0.3) is 11.2 Å². The van der Waals surface area contributed by atoms with E-state index in [0.717, 1.165) is 49.2 Å². The van der Waals surface area contributed by atoms with Gasteiger partial charge >= 0.3 is 6.09 Å². The molecular weight excluding hydrogens is 1070 g/mol. The first kappa shape index (κ1) is 59.3. The summed E-state index contributed by atoms with van der Waals surface area (Å²) in [6.07, 6.45) is -0.327. The van der Waals surface area contributed by atoms with E-state index in [0.29, 0.717) is 22.4 Å². The molecule has 5 rings (SSSR count). The van der Waals surface area contributed by atoms with Gasteiger partial charge in [-0.3, -0.25) is 33.7 Å². The zero-order valence-electron chi connectivity index (χ0n) is 43.6. The molecule has 0 radical (unpaired) electrons. The average molecular weight is 1150 g/mol. The number of rotatable bonds is 25. The summed E-state index contributed by atoms with van der Waals surface area (Å²) >= 11 is 2.29. The molecule has 10 atom stereocenters. The van der Waals surface area contributed by atoms with Crippen molar-refractivity contribution in [2.45, 2.75) is 178 Å². The number of carbonyl (C=O) groups excluding carboxylic acids is 7. The number of alkyl halides is 1. The van der Waals surface area contributed by atoms with Crippen molar-refractivity contribution in [3.8, 4) is 0 Å². The van der Waals surface area contributed by atoms with Crippen LogP contribution in [0.5, 0.6) is 0 Å². The molecule has 1 aromatic carbocycles. The lowest BCUT2D eigenvalue weighted by molar-refractivity contribution is -0.186. The number of nitrogens with zero attached hydrogens (tertiary/aromatic N) is 4. The number of anilines is 2. The lowest BCUT2D eigenvalue weighted by Crippen LogP contribution is -2.68. The lowest BCUT2D eigenvalue weighted by Gasteiger charge is -2.43. The number of carbonyl (C=O) groups is 7. The second kappa shape index (κ2) is 26.3. The van der Waals surface area contributed by atoms with Crippen LogP contribution in [0.15, 0.2) is 30.6 Å². The molecule has 2 saturated heterocycles. The van der Waals surface area contributed by atoms with Crippen LogP contribution in [-0.2, 0) is 44.8 Å². The summed E-state index contributed by atoms with van der Waals surface area (Å²) in [4.78, 5) is 110. The van der Waals surface area contributed by atoms with Crippen LogP contribution in [0.3, 0.4) is 0 Å². The summed E-state index contributed by atoms with van der Waals surface area (Å²) < 4.78 is 11.0. The minimum absolute atomic E-state index is 0.101. The highest BCUT2D eigenvalue weighted by Crippen LogP contribution is 2.42. The number of aromatic nitrogens is 4. The molecule has 0 bridgehead atoms. The number of likely N-dealkylation sites (tertiary alicyclic amines) is 1. The zero-order valence-corrected chi connectivity index (χ0v) is 45.8. The van der Waals surface area contributed by atoms with E-state index in [2.05, 4.69) is 88.3 Å². The minimum atomic E-state index is -1.64. The molecule has 408 valence electrons. The van der Waals surface area contributed by atoms with Gasteiger partial charge in [-0.1, -0.05) is 89.1 Å². The van der Waals surface area contributed by atoms with Gasteiger partial charge in [0.1, 0.15) is 60.2 Å². The molecule has 7 amide bonds.